The summed E-state index contributed by atoms with van der Waals surface area (Å²) in [5, 5.41) is 11.7. The normalized spacial score (nSPS) is 11.4. The van der Waals surface area contributed by atoms with E-state index >= 15 is 0 Å². The summed E-state index contributed by atoms with van der Waals surface area (Å²) in [6.45, 7) is 0.554. The van der Waals surface area contributed by atoms with E-state index in [0.717, 1.165) is 5.56 Å². The van der Waals surface area contributed by atoms with Crippen molar-refractivity contribution in [2.24, 2.45) is 16.5 Å². The molecule has 0 aliphatic carbocycles. The van der Waals surface area contributed by atoms with Crippen LogP contribution < -0.4 is 22.3 Å². The third-order valence-electron chi connectivity index (χ3n) is 4.01. The predicted molar refractivity (Wildman–Crippen MR) is 105 cm³/mol. The highest BCUT2D eigenvalue weighted by Crippen LogP contribution is 2.03. The Morgan fingerprint density at radius 3 is 2.50 bits per heavy atom. The maximum Gasteiger partial charge on any atom is 0.326 e. The summed E-state index contributed by atoms with van der Waals surface area (Å²) < 4.78 is 1.40. The predicted octanol–water partition coefficient (Wildman–Crippen LogP) is 0.133. The molecule has 2 aromatic rings. The zero-order valence-electron chi connectivity index (χ0n) is 15.2. The summed E-state index contributed by atoms with van der Waals surface area (Å²) in [4.78, 5) is 40.3. The summed E-state index contributed by atoms with van der Waals surface area (Å²) in [6, 6.07) is 11.1. The molecular weight excluding hydrogens is 362 g/mol. The number of aliphatic imine (C=N–C) groups is 1. The van der Waals surface area contributed by atoms with Crippen molar-refractivity contribution in [2.45, 2.75) is 25.4 Å². The number of hydrogen-bond acceptors (Lipinski definition) is 4. The summed E-state index contributed by atoms with van der Waals surface area (Å²) in [7, 11) is 0. The van der Waals surface area contributed by atoms with Crippen molar-refractivity contribution in [2.75, 3.05) is 6.54 Å². The lowest BCUT2D eigenvalue weighted by Gasteiger charge is -2.14. The number of aliphatic carboxylic acids is 1. The third-order valence-corrected chi connectivity index (χ3v) is 4.01. The monoisotopic (exact) mass is 385 g/mol. The number of carboxylic acids is 1. The topological polar surface area (TPSA) is 153 Å². The second-order valence-corrected chi connectivity index (χ2v) is 6.15. The van der Waals surface area contributed by atoms with Crippen LogP contribution in [0, 0.1) is 0 Å². The molecule has 0 spiro atoms. The van der Waals surface area contributed by atoms with E-state index in [2.05, 4.69) is 10.3 Å². The van der Waals surface area contributed by atoms with Crippen LogP contribution in [0.15, 0.2) is 58.4 Å². The zero-order valence-corrected chi connectivity index (χ0v) is 15.2. The Labute approximate surface area is 161 Å². The number of benzene rings is 1. The Morgan fingerprint density at radius 2 is 1.86 bits per heavy atom. The number of carbonyl (C=O) groups is 2. The summed E-state index contributed by atoms with van der Waals surface area (Å²) in [5.74, 6) is -2.01. The molecule has 1 amide bonds. The number of rotatable bonds is 9. The molecule has 148 valence electrons. The number of pyridine rings is 1. The Balaban J connectivity index is 2.09. The van der Waals surface area contributed by atoms with Crippen molar-refractivity contribution in [3.63, 3.8) is 0 Å². The molecule has 2 rings (SSSR count). The highest BCUT2D eigenvalue weighted by molar-refractivity contribution is 5.96. The van der Waals surface area contributed by atoms with Crippen molar-refractivity contribution in [1.82, 2.24) is 9.88 Å². The zero-order chi connectivity index (χ0) is 20.5. The minimum atomic E-state index is -1.20. The second kappa shape index (κ2) is 9.91. The van der Waals surface area contributed by atoms with Gasteiger partial charge in [0.15, 0.2) is 5.96 Å². The van der Waals surface area contributed by atoms with E-state index in [1.54, 1.807) is 12.3 Å². The Morgan fingerprint density at radius 1 is 1.14 bits per heavy atom. The molecule has 1 atom stereocenters. The average Bonchev–Trinajstić information content (AvgIpc) is 2.66. The van der Waals surface area contributed by atoms with Crippen LogP contribution in [0.1, 0.15) is 28.8 Å². The van der Waals surface area contributed by atoms with Gasteiger partial charge in [-0.2, -0.15) is 0 Å². The molecule has 0 saturated carbocycles. The molecular formula is C19H23N5O4. The third kappa shape index (κ3) is 5.97. The lowest BCUT2D eigenvalue weighted by atomic mass is 10.1. The number of nitrogens with two attached hydrogens (primary N) is 2. The molecule has 0 aliphatic rings. The quantitative estimate of drug-likeness (QED) is 0.273. The van der Waals surface area contributed by atoms with Gasteiger partial charge in [0.25, 0.3) is 11.5 Å². The molecule has 9 heteroatoms. The van der Waals surface area contributed by atoms with Crippen LogP contribution in [0.3, 0.4) is 0 Å². The van der Waals surface area contributed by atoms with Crippen LogP contribution in [-0.4, -0.2) is 40.1 Å². The van der Waals surface area contributed by atoms with E-state index in [1.165, 1.54) is 10.6 Å². The minimum Gasteiger partial charge on any atom is -0.480 e. The SMILES string of the molecule is NC(N)=NCCCC(NC(=O)c1cccn(Cc2ccccc2)c1=O)C(=O)O. The summed E-state index contributed by atoms with van der Waals surface area (Å²) in [5.41, 5.74) is 10.7. The first-order valence-electron chi connectivity index (χ1n) is 8.71. The van der Waals surface area contributed by atoms with Crippen molar-refractivity contribution < 1.29 is 14.7 Å². The van der Waals surface area contributed by atoms with Gasteiger partial charge >= 0.3 is 5.97 Å². The molecule has 0 fully saturated rings. The van der Waals surface area contributed by atoms with Gasteiger partial charge in [-0.3, -0.25) is 14.6 Å². The molecule has 9 nitrogen and oxygen atoms in total. The van der Waals surface area contributed by atoms with E-state index in [1.807, 2.05) is 30.3 Å². The lowest BCUT2D eigenvalue weighted by Crippen LogP contribution is -2.43. The lowest BCUT2D eigenvalue weighted by molar-refractivity contribution is -0.139. The van der Waals surface area contributed by atoms with Gasteiger partial charge in [0.05, 0.1) is 6.54 Å². The Hall–Kier alpha value is -3.62. The maximum absolute atomic E-state index is 12.6. The Kier molecular flexibility index (Phi) is 7.32. The fraction of sp³-hybridized carbons (Fsp3) is 0.263. The van der Waals surface area contributed by atoms with Gasteiger partial charge in [-0.15, -0.1) is 0 Å². The number of aromatic nitrogens is 1. The number of hydrogen-bond donors (Lipinski definition) is 4. The van der Waals surface area contributed by atoms with Gasteiger partial charge in [0.2, 0.25) is 0 Å². The first-order chi connectivity index (χ1) is 13.4. The van der Waals surface area contributed by atoms with Gasteiger partial charge in [-0.05, 0) is 30.5 Å². The van der Waals surface area contributed by atoms with E-state index in [9.17, 15) is 19.5 Å². The molecule has 0 bridgehead atoms. The van der Waals surface area contributed by atoms with Crippen LogP contribution in [0.25, 0.3) is 0 Å². The van der Waals surface area contributed by atoms with Crippen LogP contribution in [0.4, 0.5) is 0 Å². The van der Waals surface area contributed by atoms with Crippen LogP contribution in [0.5, 0.6) is 0 Å². The molecule has 28 heavy (non-hydrogen) atoms. The first-order valence-corrected chi connectivity index (χ1v) is 8.71. The van der Waals surface area contributed by atoms with Gasteiger partial charge in [0, 0.05) is 12.7 Å². The van der Waals surface area contributed by atoms with Crippen molar-refractivity contribution >= 4 is 17.8 Å². The van der Waals surface area contributed by atoms with Gasteiger partial charge in [0.1, 0.15) is 11.6 Å². The molecule has 0 saturated heterocycles. The summed E-state index contributed by atoms with van der Waals surface area (Å²) in [6.07, 6.45) is 2.07. The van der Waals surface area contributed by atoms with Gasteiger partial charge in [-0.25, -0.2) is 4.79 Å². The highest BCUT2D eigenvalue weighted by Gasteiger charge is 2.22. The number of nitrogens with zero attached hydrogens (tertiary/aromatic N) is 2. The number of carbonyl (C=O) groups excluding carboxylic acids is 1. The largest absolute Gasteiger partial charge is 0.480 e. The maximum atomic E-state index is 12.6. The highest BCUT2D eigenvalue weighted by atomic mass is 16.4. The molecule has 1 heterocycles. The summed E-state index contributed by atoms with van der Waals surface area (Å²) >= 11 is 0. The van der Waals surface area contributed by atoms with Crippen molar-refractivity contribution in [3.05, 3.63) is 70.1 Å². The van der Waals surface area contributed by atoms with Crippen molar-refractivity contribution in [3.8, 4) is 0 Å². The second-order valence-electron chi connectivity index (χ2n) is 6.15. The minimum absolute atomic E-state index is 0.0841. The molecule has 6 N–H and O–H groups in total. The van der Waals surface area contributed by atoms with Gasteiger partial charge < -0.3 is 26.5 Å². The van der Waals surface area contributed by atoms with Crippen molar-refractivity contribution in [1.29, 1.82) is 0 Å². The van der Waals surface area contributed by atoms with Crippen LogP contribution >= 0.6 is 0 Å². The average molecular weight is 385 g/mol. The number of nitrogens with one attached hydrogen (secondary N) is 1. The smallest absolute Gasteiger partial charge is 0.326 e. The number of carboxylic acid groups (broad SMARTS) is 1. The molecule has 1 aromatic heterocycles. The molecule has 1 aromatic carbocycles. The van der Waals surface area contributed by atoms with Crippen LogP contribution in [0.2, 0.25) is 0 Å². The fourth-order valence-corrected chi connectivity index (χ4v) is 2.61. The first kappa shape index (κ1) is 20.7. The van der Waals surface area contributed by atoms with E-state index in [-0.39, 0.29) is 24.5 Å². The Bertz CT molecular complexity index is 904. The van der Waals surface area contributed by atoms with E-state index < -0.39 is 23.5 Å². The number of guanidine groups is 1. The van der Waals surface area contributed by atoms with E-state index in [4.69, 9.17) is 11.5 Å². The number of amides is 1. The molecule has 0 radical (unpaired) electrons. The molecule has 0 aliphatic heterocycles. The molecule has 1 unspecified atom stereocenters. The van der Waals surface area contributed by atoms with Gasteiger partial charge in [-0.1, -0.05) is 30.3 Å². The fourth-order valence-electron chi connectivity index (χ4n) is 2.61. The van der Waals surface area contributed by atoms with Crippen LogP contribution in [-0.2, 0) is 11.3 Å². The standard InChI is InChI=1S/C19H23N5O4/c20-19(21)22-10-4-9-15(18(27)28)23-16(25)14-8-5-11-24(17(14)26)12-13-6-2-1-3-7-13/h1-3,5-8,11,15H,4,9-10,12H2,(H,23,25)(H,27,28)(H4,20,21,22). The van der Waals surface area contributed by atoms with E-state index in [0.29, 0.717) is 13.0 Å².